The minimum absolute atomic E-state index is 0.0430. The number of rotatable bonds is 4. The number of carboxylic acids is 1. The summed E-state index contributed by atoms with van der Waals surface area (Å²) in [4.78, 5) is 10.6. The highest BCUT2D eigenvalue weighted by molar-refractivity contribution is 9.08. The van der Waals surface area contributed by atoms with Crippen molar-refractivity contribution in [2.75, 3.05) is 0 Å². The van der Waals surface area contributed by atoms with E-state index in [4.69, 9.17) is 10.4 Å². The van der Waals surface area contributed by atoms with Crippen molar-refractivity contribution in [2.24, 2.45) is 0 Å². The molecule has 0 fully saturated rings. The van der Waals surface area contributed by atoms with Gasteiger partial charge in [0.25, 0.3) is 0 Å². The molecule has 0 saturated carbocycles. The van der Waals surface area contributed by atoms with Gasteiger partial charge in [-0.3, -0.25) is 4.79 Å². The van der Waals surface area contributed by atoms with Gasteiger partial charge in [0.1, 0.15) is 0 Å². The number of carbonyl (C=O) groups is 1. The van der Waals surface area contributed by atoms with Crippen molar-refractivity contribution in [1.29, 1.82) is 5.26 Å². The smallest absolute Gasteiger partial charge is 0.307 e. The number of benzene rings is 1. The molecule has 1 rings (SSSR count). The van der Waals surface area contributed by atoms with E-state index in [0.717, 1.165) is 17.5 Å². The Morgan fingerprint density at radius 3 is 2.69 bits per heavy atom. The molecular weight excluding hydrogens is 270 g/mol. The molecule has 16 heavy (non-hydrogen) atoms. The predicted molar refractivity (Wildman–Crippen MR) is 64.5 cm³/mol. The van der Waals surface area contributed by atoms with E-state index < -0.39 is 5.97 Å². The number of carboxylic acid groups (broad SMARTS) is 1. The Labute approximate surface area is 103 Å². The van der Waals surface area contributed by atoms with Crippen LogP contribution in [0.3, 0.4) is 0 Å². The van der Waals surface area contributed by atoms with Gasteiger partial charge in [0, 0.05) is 5.33 Å². The summed E-state index contributed by atoms with van der Waals surface area (Å²) in [5.74, 6) is -0.881. The van der Waals surface area contributed by atoms with E-state index in [9.17, 15) is 4.79 Å². The molecular formula is C12H12BrNO2. The van der Waals surface area contributed by atoms with Crippen LogP contribution in [0, 0.1) is 11.3 Å². The van der Waals surface area contributed by atoms with Gasteiger partial charge in [-0.2, -0.15) is 5.26 Å². The second-order valence-electron chi connectivity index (χ2n) is 3.45. The Morgan fingerprint density at radius 1 is 1.56 bits per heavy atom. The number of nitrogens with zero attached hydrogens (tertiary/aromatic N) is 1. The number of alkyl halides is 1. The summed E-state index contributed by atoms with van der Waals surface area (Å²) in [7, 11) is 0. The Bertz CT molecular complexity index is 449. The third kappa shape index (κ3) is 2.83. The summed E-state index contributed by atoms with van der Waals surface area (Å²) in [6, 6.07) is 5.64. The number of aliphatic carboxylic acids is 1. The minimum Gasteiger partial charge on any atom is -0.481 e. The maximum atomic E-state index is 10.6. The van der Waals surface area contributed by atoms with Crippen LogP contribution >= 0.6 is 15.9 Å². The van der Waals surface area contributed by atoms with Crippen LogP contribution < -0.4 is 0 Å². The predicted octanol–water partition coefficient (Wildman–Crippen LogP) is 2.64. The van der Waals surface area contributed by atoms with Gasteiger partial charge < -0.3 is 5.11 Å². The average molecular weight is 282 g/mol. The van der Waals surface area contributed by atoms with E-state index >= 15 is 0 Å². The molecule has 0 heterocycles. The van der Waals surface area contributed by atoms with Crippen molar-refractivity contribution in [3.8, 4) is 6.07 Å². The summed E-state index contributed by atoms with van der Waals surface area (Å²) >= 11 is 3.36. The molecule has 0 aliphatic heterocycles. The van der Waals surface area contributed by atoms with Gasteiger partial charge in [-0.1, -0.05) is 28.9 Å². The summed E-state index contributed by atoms with van der Waals surface area (Å²) < 4.78 is 0. The van der Waals surface area contributed by atoms with E-state index in [1.807, 2.05) is 13.0 Å². The molecule has 4 heteroatoms. The SMILES string of the molecule is CCc1c(C#N)cc(CC(=O)O)cc1CBr. The van der Waals surface area contributed by atoms with E-state index in [0.29, 0.717) is 16.5 Å². The number of halogens is 1. The van der Waals surface area contributed by atoms with Gasteiger partial charge in [0.2, 0.25) is 0 Å². The zero-order valence-electron chi connectivity index (χ0n) is 8.96. The van der Waals surface area contributed by atoms with Crippen molar-refractivity contribution >= 4 is 21.9 Å². The van der Waals surface area contributed by atoms with E-state index in [2.05, 4.69) is 22.0 Å². The van der Waals surface area contributed by atoms with Gasteiger partial charge in [-0.05, 0) is 29.2 Å². The second kappa shape index (κ2) is 5.66. The molecule has 3 nitrogen and oxygen atoms in total. The van der Waals surface area contributed by atoms with Crippen LogP contribution in [-0.2, 0) is 23.0 Å². The molecule has 1 aromatic rings. The lowest BCUT2D eigenvalue weighted by molar-refractivity contribution is -0.136. The topological polar surface area (TPSA) is 61.1 Å². The Balaban J connectivity index is 3.27. The van der Waals surface area contributed by atoms with Gasteiger partial charge in [0.15, 0.2) is 0 Å². The molecule has 0 aliphatic rings. The highest BCUT2D eigenvalue weighted by Gasteiger charge is 2.10. The first kappa shape index (κ1) is 12.7. The fraction of sp³-hybridized carbons (Fsp3) is 0.333. The Morgan fingerprint density at radius 2 is 2.25 bits per heavy atom. The molecule has 0 aromatic heterocycles. The van der Waals surface area contributed by atoms with Crippen LogP contribution in [0.1, 0.15) is 29.2 Å². The Kier molecular flexibility index (Phi) is 4.51. The molecule has 84 valence electrons. The maximum absolute atomic E-state index is 10.6. The van der Waals surface area contributed by atoms with Crippen LogP contribution in [0.4, 0.5) is 0 Å². The third-order valence-corrected chi connectivity index (χ3v) is 2.98. The number of nitriles is 1. The van der Waals surface area contributed by atoms with Crippen LogP contribution in [0.5, 0.6) is 0 Å². The zero-order chi connectivity index (χ0) is 12.1. The summed E-state index contributed by atoms with van der Waals surface area (Å²) in [5.41, 5.74) is 3.25. The first-order chi connectivity index (χ1) is 7.62. The molecule has 0 saturated heterocycles. The molecule has 0 spiro atoms. The highest BCUT2D eigenvalue weighted by atomic mass is 79.9. The molecule has 0 atom stereocenters. The van der Waals surface area contributed by atoms with Crippen LogP contribution in [0.15, 0.2) is 12.1 Å². The first-order valence-corrected chi connectivity index (χ1v) is 6.07. The first-order valence-electron chi connectivity index (χ1n) is 4.94. The molecule has 0 bridgehead atoms. The summed E-state index contributed by atoms with van der Waals surface area (Å²) in [5, 5.41) is 18.4. The van der Waals surface area contributed by atoms with Gasteiger partial charge >= 0.3 is 5.97 Å². The average Bonchev–Trinajstić information content (AvgIpc) is 2.26. The van der Waals surface area contributed by atoms with Crippen LogP contribution in [0.2, 0.25) is 0 Å². The molecule has 1 N–H and O–H groups in total. The van der Waals surface area contributed by atoms with Crippen molar-refractivity contribution in [3.63, 3.8) is 0 Å². The van der Waals surface area contributed by atoms with E-state index in [-0.39, 0.29) is 6.42 Å². The van der Waals surface area contributed by atoms with Crippen LogP contribution in [0.25, 0.3) is 0 Å². The fourth-order valence-corrected chi connectivity index (χ4v) is 2.21. The summed E-state index contributed by atoms with van der Waals surface area (Å²) in [6.45, 7) is 1.99. The zero-order valence-corrected chi connectivity index (χ0v) is 10.5. The Hall–Kier alpha value is -1.34. The summed E-state index contributed by atoms with van der Waals surface area (Å²) in [6.07, 6.45) is 0.732. The number of hydrogen-bond donors (Lipinski definition) is 1. The lowest BCUT2D eigenvalue weighted by atomic mass is 9.96. The normalized spacial score (nSPS) is 9.81. The largest absolute Gasteiger partial charge is 0.481 e. The standard InChI is InChI=1S/C12H12BrNO2/c1-2-11-9(6-13)3-8(5-12(15)16)4-10(11)7-14/h3-4H,2,5-6H2,1H3,(H,15,16). The number of hydrogen-bond acceptors (Lipinski definition) is 2. The van der Waals surface area contributed by atoms with E-state index in [1.54, 1.807) is 6.07 Å². The third-order valence-electron chi connectivity index (χ3n) is 2.38. The van der Waals surface area contributed by atoms with Crippen LogP contribution in [-0.4, -0.2) is 11.1 Å². The van der Waals surface area contributed by atoms with Crippen molar-refractivity contribution in [3.05, 3.63) is 34.4 Å². The molecule has 0 aliphatic carbocycles. The quantitative estimate of drug-likeness (QED) is 0.863. The second-order valence-corrected chi connectivity index (χ2v) is 4.01. The highest BCUT2D eigenvalue weighted by Crippen LogP contribution is 2.21. The lowest BCUT2D eigenvalue weighted by Crippen LogP contribution is -2.03. The van der Waals surface area contributed by atoms with Gasteiger partial charge in [-0.25, -0.2) is 0 Å². The van der Waals surface area contributed by atoms with Gasteiger partial charge in [-0.15, -0.1) is 0 Å². The molecule has 0 amide bonds. The maximum Gasteiger partial charge on any atom is 0.307 e. The molecule has 1 aromatic carbocycles. The van der Waals surface area contributed by atoms with Crippen molar-refractivity contribution < 1.29 is 9.90 Å². The fourth-order valence-electron chi connectivity index (χ4n) is 1.71. The monoisotopic (exact) mass is 281 g/mol. The van der Waals surface area contributed by atoms with Gasteiger partial charge in [0.05, 0.1) is 18.1 Å². The molecule has 0 unspecified atom stereocenters. The molecule has 0 radical (unpaired) electrons. The van der Waals surface area contributed by atoms with Crippen molar-refractivity contribution in [1.82, 2.24) is 0 Å². The van der Waals surface area contributed by atoms with Crippen molar-refractivity contribution in [2.45, 2.75) is 25.1 Å². The minimum atomic E-state index is -0.881. The lowest BCUT2D eigenvalue weighted by Gasteiger charge is -2.09. The van der Waals surface area contributed by atoms with E-state index in [1.165, 1.54) is 0 Å².